The summed E-state index contributed by atoms with van der Waals surface area (Å²) in [6.07, 6.45) is 19.5. The minimum atomic E-state index is 0. The summed E-state index contributed by atoms with van der Waals surface area (Å²) in [4.78, 5) is 1.34. The number of aliphatic hydroxyl groups is 2. The first kappa shape index (κ1) is 26.4. The lowest BCUT2D eigenvalue weighted by Crippen LogP contribution is -3.13. The summed E-state index contributed by atoms with van der Waals surface area (Å²) in [5.74, 6) is 0. The van der Waals surface area contributed by atoms with Crippen LogP contribution in [0.25, 0.3) is 0 Å². The van der Waals surface area contributed by atoms with E-state index in [0.717, 1.165) is 19.6 Å². The molecule has 0 fully saturated rings. The minimum absolute atomic E-state index is 0. The van der Waals surface area contributed by atoms with Gasteiger partial charge in [-0.3, -0.25) is 0 Å². The van der Waals surface area contributed by atoms with E-state index in [1.165, 1.54) is 94.8 Å². The highest BCUT2D eigenvalue weighted by Crippen LogP contribution is 2.12. The summed E-state index contributed by atoms with van der Waals surface area (Å²) in [7, 11) is 0. The third-order valence-electron chi connectivity index (χ3n) is 4.81. The Balaban J connectivity index is 0. The molecule has 0 aliphatic heterocycles. The maximum Gasteiger partial charge on any atom is 0.101 e. The molecule has 0 aromatic carbocycles. The number of quaternary nitrogens is 1. The fourth-order valence-corrected chi connectivity index (χ4v) is 3.26. The number of rotatable bonds is 19. The van der Waals surface area contributed by atoms with E-state index in [1.807, 2.05) is 0 Å². The first-order valence-electron chi connectivity index (χ1n) is 10.4. The second kappa shape index (κ2) is 23.2. The molecule has 0 atom stereocenters. The van der Waals surface area contributed by atoms with Crippen LogP contribution in [0.1, 0.15) is 96.8 Å². The van der Waals surface area contributed by atoms with Crippen molar-refractivity contribution in [2.45, 2.75) is 96.8 Å². The average molecular weight is 366 g/mol. The third kappa shape index (κ3) is 20.2. The maximum absolute atomic E-state index is 8.98. The van der Waals surface area contributed by atoms with Crippen LogP contribution >= 0.6 is 0 Å². The number of nitrogens with one attached hydrogen (secondary N) is 1. The predicted molar refractivity (Wildman–Crippen MR) is 100 cm³/mol. The Morgan fingerprint density at radius 1 is 0.500 bits per heavy atom. The lowest BCUT2D eigenvalue weighted by molar-refractivity contribution is -0.901. The average Bonchev–Trinajstić information content (AvgIpc) is 2.55. The molecule has 0 radical (unpaired) electrons. The molecule has 0 heterocycles. The quantitative estimate of drug-likeness (QED) is 0.289. The van der Waals surface area contributed by atoms with Crippen LogP contribution in [0.4, 0.5) is 0 Å². The summed E-state index contributed by atoms with van der Waals surface area (Å²) in [6, 6.07) is 0. The van der Waals surface area contributed by atoms with E-state index < -0.39 is 0 Å². The molecule has 0 aliphatic rings. The van der Waals surface area contributed by atoms with Gasteiger partial charge in [-0.1, -0.05) is 84.0 Å². The van der Waals surface area contributed by atoms with Gasteiger partial charge in [-0.15, -0.1) is 0 Å². The van der Waals surface area contributed by atoms with Crippen molar-refractivity contribution in [3.8, 4) is 0 Å². The summed E-state index contributed by atoms with van der Waals surface area (Å²) in [5, 5.41) is 18.0. The van der Waals surface area contributed by atoms with E-state index in [9.17, 15) is 0 Å². The lowest BCUT2D eigenvalue weighted by atomic mass is 10.0. The fourth-order valence-electron chi connectivity index (χ4n) is 3.26. The summed E-state index contributed by atoms with van der Waals surface area (Å²) in [5.41, 5.74) is 0. The van der Waals surface area contributed by atoms with Crippen LogP contribution in [0.2, 0.25) is 0 Å². The van der Waals surface area contributed by atoms with Gasteiger partial charge in [-0.2, -0.15) is 0 Å². The van der Waals surface area contributed by atoms with Gasteiger partial charge in [0.05, 0.1) is 19.8 Å². The van der Waals surface area contributed by atoms with Crippen LogP contribution in [0.3, 0.4) is 0 Å². The molecular formula is C20H44ClNO2. The molecule has 0 spiro atoms. The van der Waals surface area contributed by atoms with Crippen LogP contribution in [-0.4, -0.2) is 43.1 Å². The van der Waals surface area contributed by atoms with Gasteiger partial charge in [-0.05, 0) is 12.8 Å². The van der Waals surface area contributed by atoms with Gasteiger partial charge in [0.25, 0.3) is 0 Å². The van der Waals surface area contributed by atoms with E-state index in [-0.39, 0.29) is 25.6 Å². The van der Waals surface area contributed by atoms with E-state index in [1.54, 1.807) is 0 Å². The van der Waals surface area contributed by atoms with Gasteiger partial charge in [-0.25, -0.2) is 0 Å². The van der Waals surface area contributed by atoms with Gasteiger partial charge >= 0.3 is 0 Å². The molecule has 4 heteroatoms. The van der Waals surface area contributed by atoms with Crippen molar-refractivity contribution in [1.82, 2.24) is 0 Å². The molecule has 0 unspecified atom stereocenters. The van der Waals surface area contributed by atoms with Crippen molar-refractivity contribution in [2.75, 3.05) is 32.8 Å². The Morgan fingerprint density at radius 2 is 0.833 bits per heavy atom. The Bertz CT molecular complexity index is 212. The number of unbranched alkanes of at least 4 members (excludes halogenated alkanes) is 13. The topological polar surface area (TPSA) is 44.9 Å². The second-order valence-electron chi connectivity index (χ2n) is 7.04. The van der Waals surface area contributed by atoms with Crippen molar-refractivity contribution in [3.05, 3.63) is 0 Å². The number of aliphatic hydroxyl groups excluding tert-OH is 2. The largest absolute Gasteiger partial charge is 1.00 e. The fraction of sp³-hybridized carbons (Fsp3) is 1.00. The Labute approximate surface area is 157 Å². The van der Waals surface area contributed by atoms with Crippen molar-refractivity contribution >= 4 is 0 Å². The monoisotopic (exact) mass is 365 g/mol. The van der Waals surface area contributed by atoms with Gasteiger partial charge in [0.2, 0.25) is 0 Å². The highest BCUT2D eigenvalue weighted by atomic mass is 35.5. The predicted octanol–water partition coefficient (Wildman–Crippen LogP) is 0.341. The van der Waals surface area contributed by atoms with Crippen molar-refractivity contribution in [2.24, 2.45) is 0 Å². The summed E-state index contributed by atoms with van der Waals surface area (Å²) >= 11 is 0. The molecular weight excluding hydrogens is 322 g/mol. The number of hydrogen-bond donors (Lipinski definition) is 3. The lowest BCUT2D eigenvalue weighted by Gasteiger charge is -2.17. The first-order valence-corrected chi connectivity index (χ1v) is 10.4. The van der Waals surface area contributed by atoms with Crippen molar-refractivity contribution < 1.29 is 27.5 Å². The van der Waals surface area contributed by atoms with Crippen molar-refractivity contribution in [1.29, 1.82) is 0 Å². The van der Waals surface area contributed by atoms with Crippen LogP contribution in [-0.2, 0) is 0 Å². The Hall–Kier alpha value is 0.170. The van der Waals surface area contributed by atoms with Crippen molar-refractivity contribution in [3.63, 3.8) is 0 Å². The smallest absolute Gasteiger partial charge is 0.101 e. The van der Waals surface area contributed by atoms with Gasteiger partial charge in [0.1, 0.15) is 13.1 Å². The molecule has 0 saturated heterocycles. The van der Waals surface area contributed by atoms with Gasteiger partial charge in [0.15, 0.2) is 0 Å². The number of hydrogen-bond acceptors (Lipinski definition) is 2. The molecule has 0 rings (SSSR count). The zero-order chi connectivity index (χ0) is 17.0. The molecule has 0 aromatic heterocycles. The summed E-state index contributed by atoms with van der Waals surface area (Å²) in [6.45, 7) is 5.39. The maximum atomic E-state index is 8.98. The van der Waals surface area contributed by atoms with Crippen LogP contribution < -0.4 is 17.3 Å². The SMILES string of the molecule is CCCCCCCCCCCCCCCC[NH+](CCO)CCO.[Cl-]. The Kier molecular flexibility index (Phi) is 25.5. The Morgan fingerprint density at radius 3 is 1.17 bits per heavy atom. The molecule has 0 bridgehead atoms. The third-order valence-corrected chi connectivity index (χ3v) is 4.81. The zero-order valence-corrected chi connectivity index (χ0v) is 17.0. The van der Waals surface area contributed by atoms with E-state index in [4.69, 9.17) is 10.2 Å². The number of halogens is 1. The van der Waals surface area contributed by atoms with Crippen LogP contribution in [0.15, 0.2) is 0 Å². The molecule has 3 N–H and O–H groups in total. The van der Waals surface area contributed by atoms with E-state index in [0.29, 0.717) is 0 Å². The van der Waals surface area contributed by atoms with Gasteiger partial charge in [0, 0.05) is 0 Å². The molecule has 0 saturated carbocycles. The normalized spacial score (nSPS) is 11.0. The van der Waals surface area contributed by atoms with E-state index >= 15 is 0 Å². The molecule has 0 aliphatic carbocycles. The van der Waals surface area contributed by atoms with Crippen LogP contribution in [0, 0.1) is 0 Å². The van der Waals surface area contributed by atoms with Gasteiger partial charge < -0.3 is 27.5 Å². The zero-order valence-electron chi connectivity index (χ0n) is 16.2. The summed E-state index contributed by atoms with van der Waals surface area (Å²) < 4.78 is 0. The highest BCUT2D eigenvalue weighted by molar-refractivity contribution is 4.49. The van der Waals surface area contributed by atoms with Crippen LogP contribution in [0.5, 0.6) is 0 Å². The molecule has 0 aromatic rings. The highest BCUT2D eigenvalue weighted by Gasteiger charge is 2.05. The molecule has 0 amide bonds. The standard InChI is InChI=1S/C20H43NO2.ClH/c1-2-3-4-5-6-7-8-9-10-11-12-13-14-15-16-21(17-19-22)18-20-23;/h22-23H,2-20H2,1H3;1H. The van der Waals surface area contributed by atoms with E-state index in [2.05, 4.69) is 6.92 Å². The molecule has 24 heavy (non-hydrogen) atoms. The minimum Gasteiger partial charge on any atom is -1.00 e. The molecule has 148 valence electrons. The first-order chi connectivity index (χ1) is 11.3. The molecule has 3 nitrogen and oxygen atoms in total. The second-order valence-corrected chi connectivity index (χ2v) is 7.04.